The molecule has 0 aliphatic heterocycles. The number of nitrogens with zero attached hydrogens (tertiary/aromatic N) is 1. The largest absolute Gasteiger partial charge is 0.324 e. The maximum Gasteiger partial charge on any atom is 0.279 e. The summed E-state index contributed by atoms with van der Waals surface area (Å²) in [4.78, 5) is 13.5. The highest BCUT2D eigenvalue weighted by Crippen LogP contribution is 2.19. The molecule has 1 amide bonds. The van der Waals surface area contributed by atoms with Gasteiger partial charge in [-0.1, -0.05) is 29.8 Å². The Bertz CT molecular complexity index is 750. The third-order valence-electron chi connectivity index (χ3n) is 3.92. The molecule has 0 fully saturated rings. The molecule has 0 bridgehead atoms. The number of rotatable bonds is 6. The Morgan fingerprint density at radius 2 is 1.96 bits per heavy atom. The second kappa shape index (κ2) is 8.49. The number of hydrogen-bond acceptors (Lipinski definition) is 2. The minimum absolute atomic E-state index is 0.0362. The fourth-order valence-electron chi connectivity index (χ4n) is 2.45. The lowest BCUT2D eigenvalue weighted by atomic mass is 10.1. The van der Waals surface area contributed by atoms with Crippen LogP contribution in [0.25, 0.3) is 0 Å². The van der Waals surface area contributed by atoms with Gasteiger partial charge in [0.15, 0.2) is 6.54 Å². The molecule has 0 saturated carbocycles. The maximum absolute atomic E-state index is 12.3. The zero-order valence-corrected chi connectivity index (χ0v) is 14.7. The third kappa shape index (κ3) is 5.09. The van der Waals surface area contributed by atoms with Crippen LogP contribution in [0.1, 0.15) is 23.6 Å². The first-order valence-electron chi connectivity index (χ1n) is 7.90. The van der Waals surface area contributed by atoms with Gasteiger partial charge in [0.1, 0.15) is 6.54 Å². The van der Waals surface area contributed by atoms with Gasteiger partial charge >= 0.3 is 0 Å². The van der Waals surface area contributed by atoms with Crippen molar-refractivity contribution in [3.05, 3.63) is 64.2 Å². The number of carbonyl (C=O) groups excluding carboxylic acids is 1. The Kier molecular flexibility index (Phi) is 6.36. The van der Waals surface area contributed by atoms with Gasteiger partial charge in [-0.3, -0.25) is 4.79 Å². The standard InChI is InChI=1S/C19H20ClN3O/c1-3-23(12-16-7-5-15(11-21)6-8-16)13-19(24)22-18-10-17(20)9-4-14(18)2/h4-10H,3,12-13H2,1-2H3,(H,22,24)/p+1. The molecule has 2 aromatic rings. The van der Waals surface area contributed by atoms with Crippen LogP contribution in [0.5, 0.6) is 0 Å². The van der Waals surface area contributed by atoms with Crippen molar-refractivity contribution in [1.29, 1.82) is 5.26 Å². The van der Waals surface area contributed by atoms with E-state index in [4.69, 9.17) is 16.9 Å². The van der Waals surface area contributed by atoms with Crippen LogP contribution in [-0.4, -0.2) is 19.0 Å². The van der Waals surface area contributed by atoms with Crippen molar-refractivity contribution >= 4 is 23.2 Å². The summed E-state index contributed by atoms with van der Waals surface area (Å²) >= 11 is 5.99. The molecule has 24 heavy (non-hydrogen) atoms. The Morgan fingerprint density at radius 3 is 2.58 bits per heavy atom. The SMILES string of the molecule is CC[NH+](CC(=O)Nc1cc(Cl)ccc1C)Cc1ccc(C#N)cc1. The number of nitrogens with one attached hydrogen (secondary N) is 2. The first-order valence-corrected chi connectivity index (χ1v) is 8.28. The Hall–Kier alpha value is -2.35. The molecule has 0 saturated heterocycles. The highest BCUT2D eigenvalue weighted by atomic mass is 35.5. The summed E-state index contributed by atoms with van der Waals surface area (Å²) in [5.41, 5.74) is 3.49. The molecule has 1 atom stereocenters. The fraction of sp³-hybridized carbons (Fsp3) is 0.263. The summed E-state index contributed by atoms with van der Waals surface area (Å²) in [5.74, 6) is -0.0362. The van der Waals surface area contributed by atoms with Gasteiger partial charge in [-0.05, 0) is 43.7 Å². The molecular weight excluding hydrogens is 322 g/mol. The number of hydrogen-bond donors (Lipinski definition) is 2. The number of aryl methyl sites for hydroxylation is 1. The molecule has 5 heteroatoms. The van der Waals surface area contributed by atoms with Gasteiger partial charge < -0.3 is 10.2 Å². The lowest BCUT2D eigenvalue weighted by Crippen LogP contribution is -3.11. The number of nitriles is 1. The number of carbonyl (C=O) groups is 1. The summed E-state index contributed by atoms with van der Waals surface area (Å²) in [7, 11) is 0. The molecule has 2 aromatic carbocycles. The first-order chi connectivity index (χ1) is 11.5. The van der Waals surface area contributed by atoms with Crippen molar-refractivity contribution in [3.63, 3.8) is 0 Å². The van der Waals surface area contributed by atoms with Crippen LogP contribution in [-0.2, 0) is 11.3 Å². The molecule has 0 radical (unpaired) electrons. The average Bonchev–Trinajstić information content (AvgIpc) is 2.58. The van der Waals surface area contributed by atoms with E-state index in [2.05, 4.69) is 18.3 Å². The van der Waals surface area contributed by atoms with E-state index < -0.39 is 0 Å². The van der Waals surface area contributed by atoms with Gasteiger partial charge in [0.05, 0.1) is 18.2 Å². The van der Waals surface area contributed by atoms with Crippen molar-refractivity contribution in [2.45, 2.75) is 20.4 Å². The molecular formula is C19H21ClN3O+. The highest BCUT2D eigenvalue weighted by molar-refractivity contribution is 6.31. The number of likely N-dealkylation sites (N-methyl/N-ethyl adjacent to an activating group) is 1. The molecule has 2 N–H and O–H groups in total. The molecule has 4 nitrogen and oxygen atoms in total. The van der Waals surface area contributed by atoms with Crippen LogP contribution in [0.3, 0.4) is 0 Å². The van der Waals surface area contributed by atoms with Gasteiger partial charge in [0, 0.05) is 16.3 Å². The molecule has 0 aliphatic carbocycles. The minimum Gasteiger partial charge on any atom is -0.324 e. The summed E-state index contributed by atoms with van der Waals surface area (Å²) in [6, 6.07) is 15.1. The number of anilines is 1. The monoisotopic (exact) mass is 342 g/mol. The zero-order valence-electron chi connectivity index (χ0n) is 13.9. The lowest BCUT2D eigenvalue weighted by molar-refractivity contribution is -0.903. The quantitative estimate of drug-likeness (QED) is 0.847. The van der Waals surface area contributed by atoms with E-state index in [1.165, 1.54) is 0 Å². The summed E-state index contributed by atoms with van der Waals surface area (Å²) in [6.07, 6.45) is 0. The predicted molar refractivity (Wildman–Crippen MR) is 96.1 cm³/mol. The van der Waals surface area contributed by atoms with E-state index in [1.807, 2.05) is 25.1 Å². The zero-order chi connectivity index (χ0) is 17.5. The molecule has 124 valence electrons. The molecule has 2 rings (SSSR count). The Balaban J connectivity index is 1.97. The van der Waals surface area contributed by atoms with Gasteiger partial charge in [-0.25, -0.2) is 0 Å². The van der Waals surface area contributed by atoms with Crippen molar-refractivity contribution in [2.75, 3.05) is 18.4 Å². The van der Waals surface area contributed by atoms with E-state index in [0.29, 0.717) is 17.1 Å². The third-order valence-corrected chi connectivity index (χ3v) is 4.16. The van der Waals surface area contributed by atoms with Crippen molar-refractivity contribution in [2.24, 2.45) is 0 Å². The Morgan fingerprint density at radius 1 is 1.25 bits per heavy atom. The molecule has 0 heterocycles. The topological polar surface area (TPSA) is 57.3 Å². The molecule has 0 aliphatic rings. The van der Waals surface area contributed by atoms with Gasteiger partial charge in [0.25, 0.3) is 5.91 Å². The predicted octanol–water partition coefficient (Wildman–Crippen LogP) is 2.56. The maximum atomic E-state index is 12.3. The number of quaternary nitrogens is 1. The van der Waals surface area contributed by atoms with Crippen molar-refractivity contribution < 1.29 is 9.69 Å². The van der Waals surface area contributed by atoms with Crippen LogP contribution >= 0.6 is 11.6 Å². The van der Waals surface area contributed by atoms with Crippen LogP contribution in [0, 0.1) is 18.3 Å². The Labute approximate surface area is 147 Å². The van der Waals surface area contributed by atoms with E-state index in [0.717, 1.165) is 34.8 Å². The van der Waals surface area contributed by atoms with Gasteiger partial charge in [0.2, 0.25) is 0 Å². The van der Waals surface area contributed by atoms with Crippen LogP contribution in [0.4, 0.5) is 5.69 Å². The van der Waals surface area contributed by atoms with Crippen molar-refractivity contribution in [3.8, 4) is 6.07 Å². The smallest absolute Gasteiger partial charge is 0.279 e. The number of amides is 1. The normalized spacial score (nSPS) is 11.6. The van der Waals surface area contributed by atoms with E-state index in [-0.39, 0.29) is 5.91 Å². The van der Waals surface area contributed by atoms with E-state index in [9.17, 15) is 4.79 Å². The molecule has 0 aromatic heterocycles. The minimum atomic E-state index is -0.0362. The lowest BCUT2D eigenvalue weighted by Gasteiger charge is -2.18. The van der Waals surface area contributed by atoms with E-state index >= 15 is 0 Å². The molecule has 0 spiro atoms. The number of benzene rings is 2. The van der Waals surface area contributed by atoms with Crippen LogP contribution in [0.2, 0.25) is 5.02 Å². The second-order valence-corrected chi connectivity index (χ2v) is 6.21. The van der Waals surface area contributed by atoms with Crippen LogP contribution < -0.4 is 10.2 Å². The first kappa shape index (κ1) is 18.0. The average molecular weight is 343 g/mol. The number of halogens is 1. The second-order valence-electron chi connectivity index (χ2n) is 5.77. The van der Waals surface area contributed by atoms with Gasteiger partial charge in [-0.2, -0.15) is 5.26 Å². The highest BCUT2D eigenvalue weighted by Gasteiger charge is 2.14. The van der Waals surface area contributed by atoms with Gasteiger partial charge in [-0.15, -0.1) is 0 Å². The summed E-state index contributed by atoms with van der Waals surface area (Å²) in [6.45, 7) is 5.94. The van der Waals surface area contributed by atoms with Crippen LogP contribution in [0.15, 0.2) is 42.5 Å². The molecule has 1 unspecified atom stereocenters. The summed E-state index contributed by atoms with van der Waals surface area (Å²) in [5, 5.41) is 12.4. The van der Waals surface area contributed by atoms with Crippen molar-refractivity contribution in [1.82, 2.24) is 0 Å². The fourth-order valence-corrected chi connectivity index (χ4v) is 2.62. The summed E-state index contributed by atoms with van der Waals surface area (Å²) < 4.78 is 0. The van der Waals surface area contributed by atoms with E-state index in [1.54, 1.807) is 24.3 Å².